The maximum Gasteiger partial charge on any atom is 0.344 e. The summed E-state index contributed by atoms with van der Waals surface area (Å²) in [7, 11) is 0. The fraction of sp³-hybridized carbons (Fsp3) is 0.824. The van der Waals surface area contributed by atoms with Gasteiger partial charge in [-0.15, -0.1) is 0 Å². The van der Waals surface area contributed by atoms with Crippen molar-refractivity contribution in [1.29, 1.82) is 0 Å². The molecule has 6 nitrogen and oxygen atoms in total. The van der Waals surface area contributed by atoms with Crippen molar-refractivity contribution in [2.24, 2.45) is 29.1 Å². The molecule has 0 amide bonds. The van der Waals surface area contributed by atoms with Gasteiger partial charge in [-0.25, -0.2) is 4.79 Å². The number of fused-ring (bicyclic) bond motifs is 1. The Balaban J connectivity index is 1.60. The van der Waals surface area contributed by atoms with Crippen LogP contribution in [0.25, 0.3) is 0 Å². The van der Waals surface area contributed by atoms with Crippen molar-refractivity contribution in [3.05, 3.63) is 0 Å². The van der Waals surface area contributed by atoms with Crippen LogP contribution in [0.2, 0.25) is 0 Å². The number of hydrogen-bond donors (Lipinski definition) is 0. The van der Waals surface area contributed by atoms with Crippen molar-refractivity contribution in [1.82, 2.24) is 0 Å². The zero-order valence-corrected chi connectivity index (χ0v) is 14.0. The summed E-state index contributed by atoms with van der Waals surface area (Å²) in [6, 6.07) is 0. The standard InChI is InChI=1S/C17H24O6/c1-5-8(2)15(19)21-7-11(18)22-14-10-6-9-12(17(10,3)4)16(20)23-13(9)14/h8-10,12-14H,5-7H2,1-4H3. The molecule has 2 saturated carbocycles. The molecule has 128 valence electrons. The third kappa shape index (κ3) is 2.42. The van der Waals surface area contributed by atoms with E-state index in [1.165, 1.54) is 0 Å². The number of esters is 3. The molecule has 1 aliphatic heterocycles. The van der Waals surface area contributed by atoms with Gasteiger partial charge >= 0.3 is 17.9 Å². The number of ether oxygens (including phenoxy) is 3. The van der Waals surface area contributed by atoms with Gasteiger partial charge in [-0.3, -0.25) is 9.59 Å². The van der Waals surface area contributed by atoms with Crippen molar-refractivity contribution in [3.63, 3.8) is 0 Å². The van der Waals surface area contributed by atoms with Crippen LogP contribution in [0.3, 0.4) is 0 Å². The predicted molar refractivity (Wildman–Crippen MR) is 79.0 cm³/mol. The van der Waals surface area contributed by atoms with Crippen LogP contribution < -0.4 is 0 Å². The van der Waals surface area contributed by atoms with E-state index in [0.29, 0.717) is 6.42 Å². The largest absolute Gasteiger partial charge is 0.458 e. The molecule has 3 aliphatic rings. The van der Waals surface area contributed by atoms with E-state index < -0.39 is 18.0 Å². The Kier molecular flexibility index (Phi) is 3.89. The zero-order chi connectivity index (χ0) is 16.9. The lowest BCUT2D eigenvalue weighted by Gasteiger charge is -2.37. The molecule has 0 radical (unpaired) electrons. The van der Waals surface area contributed by atoms with Gasteiger partial charge in [0.1, 0.15) is 12.2 Å². The molecule has 1 saturated heterocycles. The molecule has 1 heterocycles. The number of hydrogen-bond acceptors (Lipinski definition) is 6. The topological polar surface area (TPSA) is 78.9 Å². The van der Waals surface area contributed by atoms with E-state index in [9.17, 15) is 14.4 Å². The molecule has 6 unspecified atom stereocenters. The number of rotatable bonds is 5. The van der Waals surface area contributed by atoms with Gasteiger partial charge in [0, 0.05) is 11.8 Å². The molecule has 0 aromatic carbocycles. The SMILES string of the molecule is CCC(C)C(=O)OCC(=O)OC1C2OC(=O)C3C2CC1C3(C)C. The molecular formula is C17H24O6. The third-order valence-corrected chi connectivity index (χ3v) is 5.97. The van der Waals surface area contributed by atoms with Gasteiger partial charge in [-0.05, 0) is 18.3 Å². The summed E-state index contributed by atoms with van der Waals surface area (Å²) in [6.45, 7) is 7.32. The second kappa shape index (κ2) is 5.49. The molecule has 3 fully saturated rings. The molecule has 0 N–H and O–H groups in total. The van der Waals surface area contributed by atoms with Crippen LogP contribution in [-0.4, -0.2) is 36.7 Å². The minimum absolute atomic E-state index is 0.0873. The second-order valence-corrected chi connectivity index (χ2v) is 7.58. The highest BCUT2D eigenvalue weighted by molar-refractivity contribution is 5.79. The van der Waals surface area contributed by atoms with Crippen LogP contribution in [0.15, 0.2) is 0 Å². The van der Waals surface area contributed by atoms with Crippen LogP contribution in [0.1, 0.15) is 40.5 Å². The van der Waals surface area contributed by atoms with Crippen molar-refractivity contribution in [3.8, 4) is 0 Å². The van der Waals surface area contributed by atoms with Crippen LogP contribution in [-0.2, 0) is 28.6 Å². The van der Waals surface area contributed by atoms with E-state index in [0.717, 1.165) is 6.42 Å². The number of carbonyl (C=O) groups excluding carboxylic acids is 3. The highest BCUT2D eigenvalue weighted by atomic mass is 16.6. The van der Waals surface area contributed by atoms with E-state index in [1.54, 1.807) is 6.92 Å². The summed E-state index contributed by atoms with van der Waals surface area (Å²) in [5.74, 6) is -1.21. The number of carbonyl (C=O) groups is 3. The maximum atomic E-state index is 12.0. The minimum atomic E-state index is -0.575. The summed E-state index contributed by atoms with van der Waals surface area (Å²) < 4.78 is 16.0. The van der Waals surface area contributed by atoms with E-state index >= 15 is 0 Å². The van der Waals surface area contributed by atoms with Gasteiger partial charge in [0.25, 0.3) is 0 Å². The van der Waals surface area contributed by atoms with Gasteiger partial charge in [0.05, 0.1) is 11.8 Å². The molecule has 6 heteroatoms. The molecule has 23 heavy (non-hydrogen) atoms. The normalized spacial score (nSPS) is 37.4. The lowest BCUT2D eigenvalue weighted by atomic mass is 9.68. The smallest absolute Gasteiger partial charge is 0.344 e. The first-order valence-electron chi connectivity index (χ1n) is 8.34. The Morgan fingerprint density at radius 2 is 2.09 bits per heavy atom. The molecule has 0 aromatic heterocycles. The van der Waals surface area contributed by atoms with Crippen molar-refractivity contribution in [2.75, 3.05) is 6.61 Å². The van der Waals surface area contributed by atoms with Gasteiger partial charge in [-0.2, -0.15) is 0 Å². The van der Waals surface area contributed by atoms with Crippen molar-refractivity contribution >= 4 is 17.9 Å². The molecule has 3 rings (SSSR count). The van der Waals surface area contributed by atoms with Gasteiger partial charge in [0.15, 0.2) is 6.61 Å². The first-order valence-corrected chi connectivity index (χ1v) is 8.34. The molecular weight excluding hydrogens is 300 g/mol. The van der Waals surface area contributed by atoms with Crippen molar-refractivity contribution < 1.29 is 28.6 Å². The van der Waals surface area contributed by atoms with E-state index in [-0.39, 0.29) is 47.8 Å². The molecule has 0 spiro atoms. The van der Waals surface area contributed by atoms with Gasteiger partial charge < -0.3 is 14.2 Å². The average molecular weight is 324 g/mol. The fourth-order valence-corrected chi connectivity index (χ4v) is 4.48. The quantitative estimate of drug-likeness (QED) is 0.566. The second-order valence-electron chi connectivity index (χ2n) is 7.58. The van der Waals surface area contributed by atoms with Crippen LogP contribution >= 0.6 is 0 Å². The summed E-state index contributed by atoms with van der Waals surface area (Å²) >= 11 is 0. The third-order valence-electron chi connectivity index (χ3n) is 5.97. The Labute approximate surface area is 135 Å². The highest BCUT2D eigenvalue weighted by Gasteiger charge is 2.71. The fourth-order valence-electron chi connectivity index (χ4n) is 4.48. The van der Waals surface area contributed by atoms with Crippen molar-refractivity contribution in [2.45, 2.75) is 52.7 Å². The Morgan fingerprint density at radius 3 is 2.74 bits per heavy atom. The molecule has 2 bridgehead atoms. The summed E-state index contributed by atoms with van der Waals surface area (Å²) in [4.78, 5) is 35.7. The summed E-state index contributed by atoms with van der Waals surface area (Å²) in [5, 5.41) is 0. The first kappa shape index (κ1) is 16.3. The maximum absolute atomic E-state index is 12.0. The van der Waals surface area contributed by atoms with Crippen LogP contribution in [0, 0.1) is 29.1 Å². The summed E-state index contributed by atoms with van der Waals surface area (Å²) in [6.07, 6.45) is 0.749. The average Bonchev–Trinajstić information content (AvgIpc) is 3.06. The summed E-state index contributed by atoms with van der Waals surface area (Å²) in [5.41, 5.74) is -0.229. The van der Waals surface area contributed by atoms with Gasteiger partial charge in [-0.1, -0.05) is 27.7 Å². The van der Waals surface area contributed by atoms with E-state index in [4.69, 9.17) is 14.2 Å². The van der Waals surface area contributed by atoms with Gasteiger partial charge in [0.2, 0.25) is 0 Å². The molecule has 2 aliphatic carbocycles. The van der Waals surface area contributed by atoms with E-state index in [2.05, 4.69) is 0 Å². The van der Waals surface area contributed by atoms with Crippen LogP contribution in [0.4, 0.5) is 0 Å². The Morgan fingerprint density at radius 1 is 1.39 bits per heavy atom. The lowest BCUT2D eigenvalue weighted by molar-refractivity contribution is -0.172. The Hall–Kier alpha value is -1.59. The molecule has 0 aromatic rings. The first-order chi connectivity index (χ1) is 10.8. The monoisotopic (exact) mass is 324 g/mol. The zero-order valence-electron chi connectivity index (χ0n) is 14.0. The minimum Gasteiger partial charge on any atom is -0.458 e. The Bertz CT molecular complexity index is 539. The molecule has 6 atom stereocenters. The van der Waals surface area contributed by atoms with E-state index in [1.807, 2.05) is 20.8 Å². The lowest BCUT2D eigenvalue weighted by Crippen LogP contribution is -2.45. The predicted octanol–water partition coefficient (Wildman–Crippen LogP) is 1.70. The van der Waals surface area contributed by atoms with Crippen LogP contribution in [0.5, 0.6) is 0 Å². The highest BCUT2D eigenvalue weighted by Crippen LogP contribution is 2.64.